The lowest BCUT2D eigenvalue weighted by molar-refractivity contribution is 0.592. The summed E-state index contributed by atoms with van der Waals surface area (Å²) in [5, 5.41) is -0.106. The molecule has 6 rings (SSSR count). The van der Waals surface area contributed by atoms with E-state index in [0.717, 1.165) is 11.9 Å². The van der Waals surface area contributed by atoms with E-state index in [4.69, 9.17) is 0 Å². The summed E-state index contributed by atoms with van der Waals surface area (Å²) in [7, 11) is -0.543. The van der Waals surface area contributed by atoms with Crippen LogP contribution in [0.15, 0.2) is 152 Å². The summed E-state index contributed by atoms with van der Waals surface area (Å²) in [6, 6.07) is 44.7. The van der Waals surface area contributed by atoms with Crippen LogP contribution in [0.1, 0.15) is 37.8 Å². The predicted octanol–water partition coefficient (Wildman–Crippen LogP) is 6.65. The second-order valence-corrected chi connectivity index (χ2v) is 13.1. The third kappa shape index (κ3) is 6.63. The van der Waals surface area contributed by atoms with Crippen molar-refractivity contribution in [3.63, 3.8) is 0 Å². The summed E-state index contributed by atoms with van der Waals surface area (Å²) in [5.41, 5.74) is 7.03. The Labute approximate surface area is 242 Å². The van der Waals surface area contributed by atoms with E-state index in [1.54, 1.807) is 0 Å². The number of nitrogens with zero attached hydrogens (tertiary/aromatic N) is 2. The Bertz CT molecular complexity index is 1370. The van der Waals surface area contributed by atoms with Crippen LogP contribution in [-0.4, -0.2) is 25.8 Å². The number of imidazole rings is 1. The first-order valence-electron chi connectivity index (χ1n) is 14.5. The summed E-state index contributed by atoms with van der Waals surface area (Å²) in [4.78, 5) is 4.35. The summed E-state index contributed by atoms with van der Waals surface area (Å²) < 4.78 is 2.31. The molecule has 4 heteroatoms. The molecule has 5 aromatic rings. The molecule has 40 heavy (non-hydrogen) atoms. The highest BCUT2D eigenvalue weighted by Crippen LogP contribution is 2.38. The zero-order valence-corrected chi connectivity index (χ0v) is 25.1. The highest BCUT2D eigenvalue weighted by Gasteiger charge is 2.36. The van der Waals surface area contributed by atoms with Gasteiger partial charge in [0.05, 0.1) is 21.0 Å². The Kier molecular flexibility index (Phi) is 9.31. The largest absolute Gasteiger partial charge is 0.327 e. The quantitative estimate of drug-likeness (QED) is 0.152. The zero-order valence-electron chi connectivity index (χ0n) is 23.7. The maximum Gasteiger partial charge on any atom is 0.212 e. The Morgan fingerprint density at radius 3 is 1.65 bits per heavy atom. The van der Waals surface area contributed by atoms with Gasteiger partial charge < -0.3 is 4.57 Å². The van der Waals surface area contributed by atoms with Crippen LogP contribution in [0.2, 0.25) is 11.9 Å². The lowest BCUT2D eigenvalue weighted by atomic mass is 9.37. The summed E-state index contributed by atoms with van der Waals surface area (Å²) in [6.45, 7) is 4.97. The molecule has 0 amide bonds. The van der Waals surface area contributed by atoms with Crippen LogP contribution in [0.25, 0.3) is 0 Å². The summed E-state index contributed by atoms with van der Waals surface area (Å²) in [6.07, 6.45) is 11.1. The van der Waals surface area contributed by atoms with Gasteiger partial charge in [-0.2, -0.15) is 0 Å². The molecule has 200 valence electrons. The van der Waals surface area contributed by atoms with E-state index in [9.17, 15) is 0 Å². The first kappa shape index (κ1) is 27.7. The molecular formula is C36H39BN2Si. The molecule has 0 spiro atoms. The van der Waals surface area contributed by atoms with Gasteiger partial charge >= 0.3 is 0 Å². The van der Waals surface area contributed by atoms with Crippen molar-refractivity contribution in [3.8, 4) is 0 Å². The third-order valence-electron chi connectivity index (χ3n) is 7.92. The predicted molar refractivity (Wildman–Crippen MR) is 175 cm³/mol. The number of rotatable bonds is 9. The van der Waals surface area contributed by atoms with Crippen molar-refractivity contribution in [2.24, 2.45) is 0 Å². The van der Waals surface area contributed by atoms with Crippen molar-refractivity contribution >= 4 is 27.2 Å². The maximum atomic E-state index is 4.35. The zero-order chi connectivity index (χ0) is 27.6. The smallest absolute Gasteiger partial charge is 0.212 e. The minimum absolute atomic E-state index is 0.106. The number of allylic oxidation sites excluding steroid dienone is 2. The molecule has 1 aromatic heterocycles. The molecule has 1 saturated carbocycles. The lowest BCUT2D eigenvalue weighted by Crippen LogP contribution is -2.42. The molecule has 0 unspecified atom stereocenters. The van der Waals surface area contributed by atoms with Crippen molar-refractivity contribution < 1.29 is 0 Å². The Balaban J connectivity index is 0.000000174. The van der Waals surface area contributed by atoms with Crippen LogP contribution >= 0.6 is 0 Å². The standard InChI is InChI=1S/C21H24N2Si.C15H15B/c1-18(2)13-16-24-21(23-15-14-22-17-23,19-9-5-3-6-10-19)20-11-7-4-8-12-20;1-3-7-13(8-4-1)16(15-11-12-15)14-9-5-2-6-10-14/h3-15,17H,16,24H2,1-2H3;1-10,15H,11-12H2. The van der Waals surface area contributed by atoms with Gasteiger partial charge in [-0.1, -0.05) is 163 Å². The van der Waals surface area contributed by atoms with Gasteiger partial charge in [-0.15, -0.1) is 0 Å². The molecule has 0 saturated heterocycles. The number of hydrogen-bond donors (Lipinski definition) is 0. The molecule has 4 aromatic carbocycles. The molecule has 2 nitrogen and oxygen atoms in total. The van der Waals surface area contributed by atoms with Gasteiger partial charge in [-0.25, -0.2) is 4.98 Å². The van der Waals surface area contributed by atoms with Crippen LogP contribution in [-0.2, 0) is 5.16 Å². The first-order chi connectivity index (χ1) is 19.7. The molecule has 1 aliphatic carbocycles. The van der Waals surface area contributed by atoms with Crippen molar-refractivity contribution in [2.45, 2.75) is 43.7 Å². The second-order valence-electron chi connectivity index (χ2n) is 11.0. The normalized spacial score (nSPS) is 12.9. The van der Waals surface area contributed by atoms with Crippen molar-refractivity contribution in [2.75, 3.05) is 0 Å². The van der Waals surface area contributed by atoms with E-state index in [2.05, 4.69) is 157 Å². The van der Waals surface area contributed by atoms with Gasteiger partial charge in [0.1, 0.15) is 0 Å². The lowest BCUT2D eigenvalue weighted by Gasteiger charge is -2.36. The molecule has 1 heterocycles. The highest BCUT2D eigenvalue weighted by atomic mass is 28.2. The monoisotopic (exact) mass is 538 g/mol. The van der Waals surface area contributed by atoms with Crippen molar-refractivity contribution in [1.82, 2.24) is 9.55 Å². The maximum absolute atomic E-state index is 4.35. The molecular weight excluding hydrogens is 499 g/mol. The van der Waals surface area contributed by atoms with Gasteiger partial charge in [0.25, 0.3) is 0 Å². The van der Waals surface area contributed by atoms with Crippen LogP contribution < -0.4 is 10.9 Å². The average Bonchev–Trinajstić information content (AvgIpc) is 3.68. The van der Waals surface area contributed by atoms with Gasteiger partial charge in [0.15, 0.2) is 0 Å². The van der Waals surface area contributed by atoms with Gasteiger partial charge in [0.2, 0.25) is 6.71 Å². The Morgan fingerprint density at radius 2 is 1.25 bits per heavy atom. The van der Waals surface area contributed by atoms with Gasteiger partial charge in [0, 0.05) is 12.4 Å². The molecule has 0 aliphatic heterocycles. The van der Waals surface area contributed by atoms with Crippen LogP contribution in [0.5, 0.6) is 0 Å². The van der Waals surface area contributed by atoms with E-state index >= 15 is 0 Å². The minimum atomic E-state index is -0.543. The van der Waals surface area contributed by atoms with Crippen LogP contribution in [0, 0.1) is 0 Å². The molecule has 0 atom stereocenters. The minimum Gasteiger partial charge on any atom is -0.327 e. The van der Waals surface area contributed by atoms with Crippen molar-refractivity contribution in [1.29, 1.82) is 0 Å². The molecule has 0 N–H and O–H groups in total. The Morgan fingerprint density at radius 1 is 0.775 bits per heavy atom. The third-order valence-corrected chi connectivity index (χ3v) is 10.4. The van der Waals surface area contributed by atoms with E-state index < -0.39 is 9.52 Å². The molecule has 0 bridgehead atoms. The van der Waals surface area contributed by atoms with E-state index in [1.165, 1.54) is 40.5 Å². The fraction of sp³-hybridized carbons (Fsp3) is 0.194. The summed E-state index contributed by atoms with van der Waals surface area (Å²) in [5.74, 6) is 0.866. The number of benzene rings is 4. The molecule has 0 radical (unpaired) electrons. The number of aromatic nitrogens is 2. The van der Waals surface area contributed by atoms with Gasteiger partial charge in [-0.05, 0) is 31.0 Å². The van der Waals surface area contributed by atoms with Crippen LogP contribution in [0.4, 0.5) is 0 Å². The SMILES string of the molecule is CC(C)=CC[SiH2]C(c1ccccc1)(c1ccccc1)n1ccnc1.c1ccc(B(c2ccccc2)C2CC2)cc1. The second kappa shape index (κ2) is 13.5. The van der Waals surface area contributed by atoms with E-state index in [0.29, 0.717) is 6.71 Å². The van der Waals surface area contributed by atoms with Gasteiger partial charge in [-0.3, -0.25) is 0 Å². The molecule has 1 fully saturated rings. The van der Waals surface area contributed by atoms with Crippen molar-refractivity contribution in [3.05, 3.63) is 163 Å². The average molecular weight is 539 g/mol. The topological polar surface area (TPSA) is 17.8 Å². The first-order valence-corrected chi connectivity index (χ1v) is 16.2. The molecule has 1 aliphatic rings. The van der Waals surface area contributed by atoms with Crippen LogP contribution in [0.3, 0.4) is 0 Å². The van der Waals surface area contributed by atoms with E-state index in [1.807, 2.05) is 12.5 Å². The fourth-order valence-corrected chi connectivity index (χ4v) is 8.49. The van der Waals surface area contributed by atoms with E-state index in [-0.39, 0.29) is 5.16 Å². The highest BCUT2D eigenvalue weighted by molar-refractivity contribution is 6.86. The Hall–Kier alpha value is -3.89. The summed E-state index contributed by atoms with van der Waals surface area (Å²) >= 11 is 0. The number of hydrogen-bond acceptors (Lipinski definition) is 1. The fourth-order valence-electron chi connectivity index (χ4n) is 5.85.